The van der Waals surface area contributed by atoms with Gasteiger partial charge in [-0.2, -0.15) is 0 Å². The molecule has 3 atom stereocenters. The molecule has 3 unspecified atom stereocenters. The van der Waals surface area contributed by atoms with Gasteiger partial charge >= 0.3 is 0 Å². The van der Waals surface area contributed by atoms with Crippen molar-refractivity contribution in [3.63, 3.8) is 0 Å². The van der Waals surface area contributed by atoms with E-state index in [-0.39, 0.29) is 5.91 Å². The summed E-state index contributed by atoms with van der Waals surface area (Å²) in [5, 5.41) is 0. The van der Waals surface area contributed by atoms with Crippen LogP contribution in [0.1, 0.15) is 52.4 Å². The second-order valence-corrected chi connectivity index (χ2v) is 6.17. The summed E-state index contributed by atoms with van der Waals surface area (Å²) >= 11 is 0. The maximum Gasteiger partial charge on any atom is 0.242 e. The summed E-state index contributed by atoms with van der Waals surface area (Å²) in [7, 11) is 0. The summed E-state index contributed by atoms with van der Waals surface area (Å²) in [4.78, 5) is 14.6. The first kappa shape index (κ1) is 12.9. The molecule has 1 saturated carbocycles. The lowest BCUT2D eigenvalue weighted by molar-refractivity contribution is -0.137. The van der Waals surface area contributed by atoms with E-state index in [1.807, 2.05) is 4.90 Å². The molecule has 0 radical (unpaired) electrons. The van der Waals surface area contributed by atoms with Gasteiger partial charge in [-0.15, -0.1) is 0 Å². The highest BCUT2D eigenvalue weighted by atomic mass is 16.2. The third-order valence-corrected chi connectivity index (χ3v) is 4.61. The van der Waals surface area contributed by atoms with Gasteiger partial charge in [-0.1, -0.05) is 33.1 Å². The smallest absolute Gasteiger partial charge is 0.242 e. The molecule has 0 aromatic carbocycles. The molecule has 1 aliphatic heterocycles. The first-order valence-electron chi connectivity index (χ1n) is 7.13. The second kappa shape index (κ2) is 4.97. The van der Waals surface area contributed by atoms with Crippen molar-refractivity contribution in [3.8, 4) is 0 Å². The Balaban J connectivity index is 1.99. The van der Waals surface area contributed by atoms with Gasteiger partial charge < -0.3 is 10.6 Å². The van der Waals surface area contributed by atoms with Crippen molar-refractivity contribution >= 4 is 5.91 Å². The van der Waals surface area contributed by atoms with E-state index < -0.39 is 5.54 Å². The maximum absolute atomic E-state index is 12.5. The molecule has 2 N–H and O–H groups in total. The van der Waals surface area contributed by atoms with Gasteiger partial charge in [0, 0.05) is 13.1 Å². The minimum atomic E-state index is -0.555. The highest BCUT2D eigenvalue weighted by Gasteiger charge is 2.42. The van der Waals surface area contributed by atoms with E-state index in [1.165, 1.54) is 12.8 Å². The van der Waals surface area contributed by atoms with Gasteiger partial charge in [-0.05, 0) is 31.1 Å². The third kappa shape index (κ3) is 2.65. The zero-order valence-corrected chi connectivity index (χ0v) is 11.2. The standard InChI is InChI=1S/C14H26N2O/c1-3-12-6-8-16(10-12)13(17)14(15)7-4-5-11(2)9-14/h11-12H,3-10,15H2,1-2H3. The zero-order chi connectivity index (χ0) is 12.5. The molecule has 0 aromatic heterocycles. The predicted molar refractivity (Wildman–Crippen MR) is 69.5 cm³/mol. The van der Waals surface area contributed by atoms with Crippen molar-refractivity contribution in [2.24, 2.45) is 17.6 Å². The van der Waals surface area contributed by atoms with Crippen molar-refractivity contribution < 1.29 is 4.79 Å². The van der Waals surface area contributed by atoms with E-state index in [0.717, 1.165) is 38.8 Å². The number of hydrogen-bond donors (Lipinski definition) is 1. The molecule has 0 bridgehead atoms. The fourth-order valence-electron chi connectivity index (χ4n) is 3.45. The Morgan fingerprint density at radius 2 is 2.24 bits per heavy atom. The third-order valence-electron chi connectivity index (χ3n) is 4.61. The Bertz CT molecular complexity index is 292. The average molecular weight is 238 g/mol. The monoisotopic (exact) mass is 238 g/mol. The first-order chi connectivity index (χ1) is 8.05. The number of carbonyl (C=O) groups is 1. The number of rotatable bonds is 2. The minimum Gasteiger partial charge on any atom is -0.341 e. The first-order valence-corrected chi connectivity index (χ1v) is 7.13. The molecule has 2 aliphatic rings. The van der Waals surface area contributed by atoms with Gasteiger partial charge in [0.25, 0.3) is 0 Å². The topological polar surface area (TPSA) is 46.3 Å². The zero-order valence-electron chi connectivity index (χ0n) is 11.2. The number of carbonyl (C=O) groups excluding carboxylic acids is 1. The Morgan fingerprint density at radius 1 is 1.47 bits per heavy atom. The van der Waals surface area contributed by atoms with Crippen LogP contribution < -0.4 is 5.73 Å². The van der Waals surface area contributed by atoms with Crippen LogP contribution in [0.2, 0.25) is 0 Å². The van der Waals surface area contributed by atoms with Gasteiger partial charge in [0.1, 0.15) is 0 Å². The summed E-state index contributed by atoms with van der Waals surface area (Å²) in [5.41, 5.74) is 5.81. The molecule has 0 aromatic rings. The highest BCUT2D eigenvalue weighted by Crippen LogP contribution is 2.33. The minimum absolute atomic E-state index is 0.222. The fraction of sp³-hybridized carbons (Fsp3) is 0.929. The van der Waals surface area contributed by atoms with Crippen LogP contribution in [-0.4, -0.2) is 29.4 Å². The van der Waals surface area contributed by atoms with Gasteiger partial charge in [0.05, 0.1) is 5.54 Å². The highest BCUT2D eigenvalue weighted by molar-refractivity contribution is 5.86. The summed E-state index contributed by atoms with van der Waals surface area (Å²) < 4.78 is 0. The number of nitrogens with two attached hydrogens (primary N) is 1. The van der Waals surface area contributed by atoms with E-state index in [9.17, 15) is 4.79 Å². The van der Waals surface area contributed by atoms with Crippen LogP contribution in [0.25, 0.3) is 0 Å². The average Bonchev–Trinajstić information content (AvgIpc) is 2.76. The molecular formula is C14H26N2O. The quantitative estimate of drug-likeness (QED) is 0.801. The van der Waals surface area contributed by atoms with Crippen molar-refractivity contribution in [3.05, 3.63) is 0 Å². The molecule has 1 aliphatic carbocycles. The van der Waals surface area contributed by atoms with Gasteiger partial charge in [0.15, 0.2) is 0 Å². The Kier molecular flexibility index (Phi) is 3.76. The van der Waals surface area contributed by atoms with Crippen molar-refractivity contribution in [2.75, 3.05) is 13.1 Å². The summed E-state index contributed by atoms with van der Waals surface area (Å²) in [6.07, 6.45) is 6.42. The van der Waals surface area contributed by atoms with Crippen LogP contribution in [-0.2, 0) is 4.79 Å². The van der Waals surface area contributed by atoms with E-state index in [4.69, 9.17) is 5.73 Å². The molecular weight excluding hydrogens is 212 g/mol. The molecule has 98 valence electrons. The molecule has 3 nitrogen and oxygen atoms in total. The lowest BCUT2D eigenvalue weighted by Crippen LogP contribution is -2.56. The van der Waals surface area contributed by atoms with Crippen LogP contribution in [0.15, 0.2) is 0 Å². The summed E-state index contributed by atoms with van der Waals surface area (Å²) in [6, 6.07) is 0. The molecule has 1 amide bonds. The van der Waals surface area contributed by atoms with Crippen molar-refractivity contribution in [1.82, 2.24) is 4.90 Å². The van der Waals surface area contributed by atoms with Gasteiger partial charge in [-0.3, -0.25) is 4.79 Å². The molecule has 1 saturated heterocycles. The van der Waals surface area contributed by atoms with Crippen molar-refractivity contribution in [1.29, 1.82) is 0 Å². The van der Waals surface area contributed by atoms with Crippen LogP contribution >= 0.6 is 0 Å². The molecule has 0 spiro atoms. The number of hydrogen-bond acceptors (Lipinski definition) is 2. The van der Waals surface area contributed by atoms with E-state index in [0.29, 0.717) is 11.8 Å². The van der Waals surface area contributed by atoms with Crippen molar-refractivity contribution in [2.45, 2.75) is 57.9 Å². The predicted octanol–water partition coefficient (Wildman–Crippen LogP) is 2.15. The summed E-state index contributed by atoms with van der Waals surface area (Å²) in [5.74, 6) is 1.52. The summed E-state index contributed by atoms with van der Waals surface area (Å²) in [6.45, 7) is 6.28. The number of nitrogens with zero attached hydrogens (tertiary/aromatic N) is 1. The Morgan fingerprint density at radius 3 is 2.82 bits per heavy atom. The molecule has 3 heteroatoms. The van der Waals surface area contributed by atoms with Crippen LogP contribution in [0.5, 0.6) is 0 Å². The van der Waals surface area contributed by atoms with Crippen LogP contribution in [0.4, 0.5) is 0 Å². The lowest BCUT2D eigenvalue weighted by atomic mass is 9.76. The van der Waals surface area contributed by atoms with E-state index in [1.54, 1.807) is 0 Å². The number of likely N-dealkylation sites (tertiary alicyclic amines) is 1. The largest absolute Gasteiger partial charge is 0.341 e. The SMILES string of the molecule is CCC1CCN(C(=O)C2(N)CCCC(C)C2)C1. The van der Waals surface area contributed by atoms with Crippen LogP contribution in [0.3, 0.4) is 0 Å². The second-order valence-electron chi connectivity index (χ2n) is 6.17. The molecule has 2 fully saturated rings. The van der Waals surface area contributed by atoms with Gasteiger partial charge in [-0.25, -0.2) is 0 Å². The Labute approximate surface area is 105 Å². The molecule has 2 rings (SSSR count). The molecule has 17 heavy (non-hydrogen) atoms. The Hall–Kier alpha value is -0.570. The lowest BCUT2D eigenvalue weighted by Gasteiger charge is -2.38. The molecule has 1 heterocycles. The van der Waals surface area contributed by atoms with E-state index in [2.05, 4.69) is 13.8 Å². The van der Waals surface area contributed by atoms with E-state index >= 15 is 0 Å². The maximum atomic E-state index is 12.5. The number of amides is 1. The van der Waals surface area contributed by atoms with Gasteiger partial charge in [0.2, 0.25) is 5.91 Å². The normalized spacial score (nSPS) is 38.4. The van der Waals surface area contributed by atoms with Crippen LogP contribution in [0, 0.1) is 11.8 Å². The fourth-order valence-corrected chi connectivity index (χ4v) is 3.45.